The third-order valence-electron chi connectivity index (χ3n) is 6.98. The van der Waals surface area contributed by atoms with E-state index in [-0.39, 0.29) is 36.1 Å². The molecule has 0 unspecified atom stereocenters. The lowest BCUT2D eigenvalue weighted by Gasteiger charge is -2.28. The van der Waals surface area contributed by atoms with E-state index >= 15 is 0 Å². The van der Waals surface area contributed by atoms with Crippen molar-refractivity contribution in [2.75, 3.05) is 25.6 Å². The van der Waals surface area contributed by atoms with Gasteiger partial charge in [-0.05, 0) is 70.4 Å². The first-order chi connectivity index (χ1) is 20.2. The number of methoxy groups -OCH3 is 1. The zero-order chi connectivity index (χ0) is 31.5. The molecule has 2 aromatic carbocycles. The SMILES string of the molecule is COC(=O)c1c(OC[C@H]2C[C@H](Oc3ccc4c(c3)NC(=O)CC4)CN2C(=O)OC(C)(C)C)cc(C)cc1O[C@@H](C)C(F)F. The summed E-state index contributed by atoms with van der Waals surface area (Å²) in [6, 6.07) is 8.03. The van der Waals surface area contributed by atoms with Gasteiger partial charge in [-0.15, -0.1) is 0 Å². The second kappa shape index (κ2) is 13.0. The first-order valence-electron chi connectivity index (χ1n) is 14.1. The highest BCUT2D eigenvalue weighted by Gasteiger charge is 2.40. The monoisotopic (exact) mass is 604 g/mol. The van der Waals surface area contributed by atoms with Crippen LogP contribution in [0.25, 0.3) is 0 Å². The van der Waals surface area contributed by atoms with Crippen molar-refractivity contribution in [3.05, 3.63) is 47.0 Å². The molecule has 10 nitrogen and oxygen atoms in total. The molecule has 2 aromatic rings. The molecule has 4 rings (SSSR count). The Morgan fingerprint density at radius 3 is 2.51 bits per heavy atom. The largest absolute Gasteiger partial charge is 0.490 e. The lowest BCUT2D eigenvalue weighted by molar-refractivity contribution is -0.116. The number of hydrogen-bond donors (Lipinski definition) is 1. The summed E-state index contributed by atoms with van der Waals surface area (Å²) in [6.07, 6.45) is -3.80. The number of nitrogens with one attached hydrogen (secondary N) is 1. The van der Waals surface area contributed by atoms with Crippen molar-refractivity contribution in [2.24, 2.45) is 0 Å². The van der Waals surface area contributed by atoms with E-state index in [0.717, 1.165) is 5.56 Å². The normalized spacial score (nSPS) is 18.9. The van der Waals surface area contributed by atoms with E-state index in [0.29, 0.717) is 36.3 Å². The Morgan fingerprint density at radius 1 is 1.12 bits per heavy atom. The van der Waals surface area contributed by atoms with Gasteiger partial charge >= 0.3 is 12.1 Å². The molecule has 2 amide bonds. The quantitative estimate of drug-likeness (QED) is 0.372. The number of esters is 1. The fraction of sp³-hybridized carbons (Fsp3) is 0.516. The molecule has 1 saturated heterocycles. The number of nitrogens with zero attached hydrogens (tertiary/aromatic N) is 1. The predicted octanol–water partition coefficient (Wildman–Crippen LogP) is 5.53. The third-order valence-corrected chi connectivity index (χ3v) is 6.98. The van der Waals surface area contributed by atoms with Gasteiger partial charge in [0.25, 0.3) is 6.43 Å². The van der Waals surface area contributed by atoms with Crippen molar-refractivity contribution in [3.63, 3.8) is 0 Å². The average Bonchev–Trinajstić information content (AvgIpc) is 3.32. The number of benzene rings is 2. The summed E-state index contributed by atoms with van der Waals surface area (Å²) >= 11 is 0. The Balaban J connectivity index is 1.56. The van der Waals surface area contributed by atoms with Crippen LogP contribution < -0.4 is 19.5 Å². The molecule has 2 heterocycles. The van der Waals surface area contributed by atoms with Crippen LogP contribution in [0, 0.1) is 6.92 Å². The number of aryl methyl sites for hydroxylation is 2. The molecule has 1 N–H and O–H groups in total. The van der Waals surface area contributed by atoms with E-state index in [2.05, 4.69) is 5.32 Å². The minimum Gasteiger partial charge on any atom is -0.490 e. The number of rotatable bonds is 9. The molecule has 0 spiro atoms. The number of hydrogen-bond acceptors (Lipinski definition) is 8. The fourth-order valence-corrected chi connectivity index (χ4v) is 4.95. The number of fused-ring (bicyclic) bond motifs is 1. The van der Waals surface area contributed by atoms with Gasteiger partial charge in [0, 0.05) is 24.6 Å². The van der Waals surface area contributed by atoms with Crippen LogP contribution in [0.5, 0.6) is 17.2 Å². The second-order valence-corrected chi connectivity index (χ2v) is 11.7. The number of alkyl halides is 2. The maximum Gasteiger partial charge on any atom is 0.410 e. The summed E-state index contributed by atoms with van der Waals surface area (Å²) in [5.41, 5.74) is 1.44. The van der Waals surface area contributed by atoms with Crippen molar-refractivity contribution in [1.82, 2.24) is 4.90 Å². The van der Waals surface area contributed by atoms with Crippen LogP contribution >= 0.6 is 0 Å². The third kappa shape index (κ3) is 8.05. The molecule has 1 fully saturated rings. The maximum atomic E-state index is 13.3. The van der Waals surface area contributed by atoms with Crippen LogP contribution in [0.15, 0.2) is 30.3 Å². The summed E-state index contributed by atoms with van der Waals surface area (Å²) in [4.78, 5) is 39.3. The summed E-state index contributed by atoms with van der Waals surface area (Å²) in [5.74, 6) is -0.354. The van der Waals surface area contributed by atoms with Gasteiger partial charge in [0.05, 0.1) is 19.7 Å². The van der Waals surface area contributed by atoms with Crippen LogP contribution in [0.2, 0.25) is 0 Å². The number of halogens is 2. The maximum absolute atomic E-state index is 13.3. The van der Waals surface area contributed by atoms with Crippen LogP contribution in [0.3, 0.4) is 0 Å². The number of likely N-dealkylation sites (tertiary alicyclic amines) is 1. The van der Waals surface area contributed by atoms with Gasteiger partial charge in [0.2, 0.25) is 5.91 Å². The zero-order valence-corrected chi connectivity index (χ0v) is 25.2. The van der Waals surface area contributed by atoms with Gasteiger partial charge in [-0.3, -0.25) is 9.69 Å². The summed E-state index contributed by atoms with van der Waals surface area (Å²) in [5, 5.41) is 2.86. The van der Waals surface area contributed by atoms with Gasteiger partial charge in [0.1, 0.15) is 41.1 Å². The Hall–Kier alpha value is -4.09. The molecular weight excluding hydrogens is 566 g/mol. The van der Waals surface area contributed by atoms with Crippen molar-refractivity contribution in [2.45, 2.75) is 84.2 Å². The molecule has 0 aromatic heterocycles. The average molecular weight is 605 g/mol. The topological polar surface area (TPSA) is 113 Å². The summed E-state index contributed by atoms with van der Waals surface area (Å²) in [6.45, 7) is 8.34. The van der Waals surface area contributed by atoms with E-state index in [4.69, 9.17) is 23.7 Å². The molecule has 3 atom stereocenters. The summed E-state index contributed by atoms with van der Waals surface area (Å²) < 4.78 is 54.8. The number of anilines is 1. The van der Waals surface area contributed by atoms with Gasteiger partial charge in [-0.25, -0.2) is 18.4 Å². The molecule has 0 saturated carbocycles. The highest BCUT2D eigenvalue weighted by molar-refractivity contribution is 5.96. The molecule has 12 heteroatoms. The van der Waals surface area contributed by atoms with E-state index in [1.165, 1.54) is 25.0 Å². The van der Waals surface area contributed by atoms with Crippen LogP contribution in [-0.2, 0) is 20.7 Å². The lowest BCUT2D eigenvalue weighted by atomic mass is 10.0. The van der Waals surface area contributed by atoms with Crippen LogP contribution in [0.4, 0.5) is 19.3 Å². The van der Waals surface area contributed by atoms with Gasteiger partial charge < -0.3 is 29.0 Å². The lowest BCUT2D eigenvalue weighted by Crippen LogP contribution is -2.42. The summed E-state index contributed by atoms with van der Waals surface area (Å²) in [7, 11) is 1.17. The highest BCUT2D eigenvalue weighted by atomic mass is 19.3. The molecule has 0 aliphatic carbocycles. The standard InChI is InChI=1S/C31H38F2N2O8/c1-17-11-24(27(29(37)39-6)25(12-17)41-18(2)28(32)33)40-16-20-13-22(15-35(20)30(38)43-31(3,4)5)42-21-9-7-19-8-10-26(36)34-23(19)14-21/h7,9,11-12,14,18,20,22,28H,8,10,13,15-16H2,1-6H3,(H,34,36)/t18-,20+,22-/m0/s1. The molecule has 0 bridgehead atoms. The second-order valence-electron chi connectivity index (χ2n) is 11.7. The Labute approximate surface area is 249 Å². The Kier molecular flexibility index (Phi) is 9.66. The number of carbonyl (C=O) groups excluding carboxylic acids is 3. The van der Waals surface area contributed by atoms with E-state index < -0.39 is 42.3 Å². The van der Waals surface area contributed by atoms with Crippen molar-refractivity contribution < 1.29 is 46.8 Å². The van der Waals surface area contributed by atoms with Crippen LogP contribution in [-0.4, -0.2) is 73.4 Å². The first kappa shape index (κ1) is 31.8. The smallest absolute Gasteiger partial charge is 0.410 e. The molecule has 2 aliphatic rings. The van der Waals surface area contributed by atoms with E-state index in [1.54, 1.807) is 39.8 Å². The van der Waals surface area contributed by atoms with Gasteiger partial charge in [0.15, 0.2) is 6.10 Å². The van der Waals surface area contributed by atoms with E-state index in [9.17, 15) is 23.2 Å². The van der Waals surface area contributed by atoms with E-state index in [1.807, 2.05) is 12.1 Å². The first-order valence-corrected chi connectivity index (χ1v) is 14.1. The molecule has 2 aliphatic heterocycles. The van der Waals surface area contributed by atoms with Crippen molar-refractivity contribution in [3.8, 4) is 17.2 Å². The minimum atomic E-state index is -2.78. The van der Waals surface area contributed by atoms with Crippen molar-refractivity contribution >= 4 is 23.7 Å². The van der Waals surface area contributed by atoms with Crippen LogP contribution in [0.1, 0.15) is 62.0 Å². The number of carbonyl (C=O) groups is 3. The fourth-order valence-electron chi connectivity index (χ4n) is 4.95. The Morgan fingerprint density at radius 2 is 1.84 bits per heavy atom. The number of ether oxygens (including phenoxy) is 5. The molecule has 0 radical (unpaired) electrons. The van der Waals surface area contributed by atoms with Gasteiger partial charge in [-0.2, -0.15) is 0 Å². The van der Waals surface area contributed by atoms with Crippen molar-refractivity contribution in [1.29, 1.82) is 0 Å². The minimum absolute atomic E-state index is 0.0569. The predicted molar refractivity (Wildman–Crippen MR) is 153 cm³/mol. The Bertz CT molecular complexity index is 1360. The molecule has 43 heavy (non-hydrogen) atoms. The zero-order valence-electron chi connectivity index (χ0n) is 25.2. The number of amides is 2. The molecule has 234 valence electrons. The highest BCUT2D eigenvalue weighted by Crippen LogP contribution is 2.35. The van der Waals surface area contributed by atoms with Gasteiger partial charge in [-0.1, -0.05) is 6.07 Å². The molecular formula is C31H38F2N2O8.